The fourth-order valence-corrected chi connectivity index (χ4v) is 4.01. The maximum Gasteiger partial charge on any atom is 0.212 e. The molecule has 6 heteroatoms. The maximum absolute atomic E-state index is 11.9. The number of nitrogens with one attached hydrogen (secondary N) is 1. The Bertz CT molecular complexity index is 567. The van der Waals surface area contributed by atoms with Crippen LogP contribution in [-0.2, 0) is 10.0 Å². The van der Waals surface area contributed by atoms with Crippen molar-refractivity contribution in [3.63, 3.8) is 0 Å². The van der Waals surface area contributed by atoms with E-state index in [1.54, 1.807) is 0 Å². The van der Waals surface area contributed by atoms with Crippen molar-refractivity contribution in [2.24, 2.45) is 0 Å². The van der Waals surface area contributed by atoms with Crippen molar-refractivity contribution in [2.45, 2.75) is 51.2 Å². The standard InChI is InChI=1S/C16H25NO4S/c1-13(17-22(19,20)11-5-10-18)14-6-4-9-16(12-14)21-15-7-2-3-8-15/h4,6,9,12-13,15,17-18H,2-3,5,7-8,10-11H2,1H3/t13-/m1/s1. The van der Waals surface area contributed by atoms with E-state index in [2.05, 4.69) is 4.72 Å². The molecule has 22 heavy (non-hydrogen) atoms. The average molecular weight is 327 g/mol. The van der Waals surface area contributed by atoms with E-state index in [1.807, 2.05) is 31.2 Å². The number of ether oxygens (including phenoxy) is 1. The summed E-state index contributed by atoms with van der Waals surface area (Å²) in [7, 11) is -3.38. The van der Waals surface area contributed by atoms with Crippen molar-refractivity contribution in [3.05, 3.63) is 29.8 Å². The zero-order chi connectivity index (χ0) is 16.0. The van der Waals surface area contributed by atoms with Gasteiger partial charge in [0.15, 0.2) is 0 Å². The quantitative estimate of drug-likeness (QED) is 0.768. The molecule has 1 saturated carbocycles. The molecule has 0 aliphatic heterocycles. The van der Waals surface area contributed by atoms with Crippen LogP contribution in [0.25, 0.3) is 0 Å². The molecule has 1 aliphatic carbocycles. The number of aliphatic hydroxyl groups excluding tert-OH is 1. The van der Waals surface area contributed by atoms with Crippen molar-refractivity contribution < 1.29 is 18.3 Å². The van der Waals surface area contributed by atoms with E-state index in [1.165, 1.54) is 12.8 Å². The normalized spacial score (nSPS) is 17.5. The molecule has 124 valence electrons. The predicted octanol–water partition coefficient (Wildman–Crippen LogP) is 2.37. The maximum atomic E-state index is 11.9. The fourth-order valence-electron chi connectivity index (χ4n) is 2.71. The fraction of sp³-hybridized carbons (Fsp3) is 0.625. The summed E-state index contributed by atoms with van der Waals surface area (Å²) in [4.78, 5) is 0. The van der Waals surface area contributed by atoms with E-state index in [0.717, 1.165) is 24.2 Å². The second-order valence-electron chi connectivity index (χ2n) is 5.83. The zero-order valence-corrected chi connectivity index (χ0v) is 13.8. The van der Waals surface area contributed by atoms with Crippen LogP contribution in [0.4, 0.5) is 0 Å². The largest absolute Gasteiger partial charge is 0.490 e. The van der Waals surface area contributed by atoms with Crippen LogP contribution in [0.15, 0.2) is 24.3 Å². The Labute approximate surface area is 132 Å². The van der Waals surface area contributed by atoms with Gasteiger partial charge in [-0.05, 0) is 56.7 Å². The monoisotopic (exact) mass is 327 g/mol. The highest BCUT2D eigenvalue weighted by Gasteiger charge is 2.18. The molecule has 0 heterocycles. The van der Waals surface area contributed by atoms with E-state index < -0.39 is 10.0 Å². The topological polar surface area (TPSA) is 75.6 Å². The van der Waals surface area contributed by atoms with Crippen molar-refractivity contribution in [3.8, 4) is 5.75 Å². The van der Waals surface area contributed by atoms with Crippen LogP contribution in [0.2, 0.25) is 0 Å². The molecule has 1 aromatic rings. The van der Waals surface area contributed by atoms with Gasteiger partial charge in [0, 0.05) is 12.6 Å². The Morgan fingerprint density at radius 1 is 1.36 bits per heavy atom. The Morgan fingerprint density at radius 2 is 2.09 bits per heavy atom. The number of hydrogen-bond donors (Lipinski definition) is 2. The predicted molar refractivity (Wildman–Crippen MR) is 86.4 cm³/mol. The van der Waals surface area contributed by atoms with Crippen LogP contribution in [0.3, 0.4) is 0 Å². The van der Waals surface area contributed by atoms with Crippen molar-refractivity contribution >= 4 is 10.0 Å². The first-order chi connectivity index (χ1) is 10.5. The molecule has 0 aromatic heterocycles. The Morgan fingerprint density at radius 3 is 2.77 bits per heavy atom. The summed E-state index contributed by atoms with van der Waals surface area (Å²) in [5.74, 6) is 0.734. The van der Waals surface area contributed by atoms with E-state index in [0.29, 0.717) is 0 Å². The van der Waals surface area contributed by atoms with Gasteiger partial charge in [0.2, 0.25) is 10.0 Å². The Hall–Kier alpha value is -1.11. The Balaban J connectivity index is 1.98. The van der Waals surface area contributed by atoms with Gasteiger partial charge in [-0.1, -0.05) is 12.1 Å². The van der Waals surface area contributed by atoms with E-state index in [4.69, 9.17) is 9.84 Å². The molecule has 1 fully saturated rings. The lowest BCUT2D eigenvalue weighted by Gasteiger charge is -2.17. The van der Waals surface area contributed by atoms with Gasteiger partial charge in [-0.2, -0.15) is 0 Å². The summed E-state index contributed by atoms with van der Waals surface area (Å²) in [6.45, 7) is 1.69. The highest BCUT2D eigenvalue weighted by atomic mass is 32.2. The molecule has 2 N–H and O–H groups in total. The van der Waals surface area contributed by atoms with Gasteiger partial charge in [-0.3, -0.25) is 0 Å². The molecule has 5 nitrogen and oxygen atoms in total. The van der Waals surface area contributed by atoms with Gasteiger partial charge in [-0.25, -0.2) is 13.1 Å². The molecule has 0 saturated heterocycles. The molecule has 2 rings (SSSR count). The third kappa shape index (κ3) is 5.26. The molecular weight excluding hydrogens is 302 g/mol. The summed E-state index contributed by atoms with van der Waals surface area (Å²) in [5.41, 5.74) is 0.878. The number of hydrogen-bond acceptors (Lipinski definition) is 4. The van der Waals surface area contributed by atoms with Crippen LogP contribution in [0, 0.1) is 0 Å². The van der Waals surface area contributed by atoms with Gasteiger partial charge in [0.05, 0.1) is 11.9 Å². The summed E-state index contributed by atoms with van der Waals surface area (Å²) in [6.07, 6.45) is 5.14. The van der Waals surface area contributed by atoms with Crippen LogP contribution in [0.5, 0.6) is 5.75 Å². The SMILES string of the molecule is C[C@@H](NS(=O)(=O)CCCO)c1cccc(OC2CCCC2)c1. The van der Waals surface area contributed by atoms with E-state index in [9.17, 15) is 8.42 Å². The smallest absolute Gasteiger partial charge is 0.212 e. The third-order valence-electron chi connectivity index (χ3n) is 3.89. The first-order valence-electron chi connectivity index (χ1n) is 7.87. The average Bonchev–Trinajstić information content (AvgIpc) is 2.98. The minimum absolute atomic E-state index is 0.0634. The van der Waals surface area contributed by atoms with Crippen molar-refractivity contribution in [1.29, 1.82) is 0 Å². The molecule has 1 aromatic carbocycles. The van der Waals surface area contributed by atoms with Gasteiger partial charge in [0.1, 0.15) is 5.75 Å². The lowest BCUT2D eigenvalue weighted by atomic mass is 10.1. The second kappa shape index (κ2) is 7.94. The van der Waals surface area contributed by atoms with Gasteiger partial charge in [0.25, 0.3) is 0 Å². The summed E-state index contributed by atoms with van der Waals surface area (Å²) in [6, 6.07) is 7.27. The third-order valence-corrected chi connectivity index (χ3v) is 5.43. The van der Waals surface area contributed by atoms with Gasteiger partial charge in [-0.15, -0.1) is 0 Å². The number of aliphatic hydroxyl groups is 1. The van der Waals surface area contributed by atoms with Crippen LogP contribution < -0.4 is 9.46 Å². The molecule has 0 radical (unpaired) electrons. The summed E-state index contributed by atoms with van der Waals surface area (Å²) >= 11 is 0. The molecule has 1 atom stereocenters. The van der Waals surface area contributed by atoms with Crippen LogP contribution in [0.1, 0.15) is 50.6 Å². The van der Waals surface area contributed by atoms with Crippen molar-refractivity contribution in [2.75, 3.05) is 12.4 Å². The van der Waals surface area contributed by atoms with Crippen LogP contribution >= 0.6 is 0 Å². The lowest BCUT2D eigenvalue weighted by Crippen LogP contribution is -2.29. The highest BCUT2D eigenvalue weighted by Crippen LogP contribution is 2.26. The Kier molecular flexibility index (Phi) is 6.23. The highest BCUT2D eigenvalue weighted by molar-refractivity contribution is 7.89. The van der Waals surface area contributed by atoms with E-state index >= 15 is 0 Å². The van der Waals surface area contributed by atoms with Crippen LogP contribution in [-0.4, -0.2) is 32.0 Å². The summed E-state index contributed by atoms with van der Waals surface area (Å²) < 4.78 is 32.4. The molecule has 0 unspecified atom stereocenters. The number of sulfonamides is 1. The minimum Gasteiger partial charge on any atom is -0.490 e. The van der Waals surface area contributed by atoms with Gasteiger partial charge < -0.3 is 9.84 Å². The number of benzene rings is 1. The summed E-state index contributed by atoms with van der Waals surface area (Å²) in [5, 5.41) is 8.74. The second-order valence-corrected chi connectivity index (χ2v) is 7.71. The molecule has 1 aliphatic rings. The molecular formula is C16H25NO4S. The first kappa shape index (κ1) is 17.2. The zero-order valence-electron chi connectivity index (χ0n) is 13.0. The van der Waals surface area contributed by atoms with Crippen molar-refractivity contribution in [1.82, 2.24) is 4.72 Å². The molecule has 0 spiro atoms. The first-order valence-corrected chi connectivity index (χ1v) is 9.53. The van der Waals surface area contributed by atoms with Gasteiger partial charge >= 0.3 is 0 Å². The minimum atomic E-state index is -3.38. The van der Waals surface area contributed by atoms with E-state index in [-0.39, 0.29) is 30.9 Å². The molecule has 0 amide bonds. The lowest BCUT2D eigenvalue weighted by molar-refractivity contribution is 0.210. The number of rotatable bonds is 8. The molecule has 0 bridgehead atoms.